The highest BCUT2D eigenvalue weighted by molar-refractivity contribution is 7.49. The minimum atomic E-state index is -5.46. The lowest BCUT2D eigenvalue weighted by Gasteiger charge is -2.27. The summed E-state index contributed by atoms with van der Waals surface area (Å²) in [5.74, 6) is -0.151. The Morgan fingerprint density at radius 2 is 0.413 bits per heavy atom. The van der Waals surface area contributed by atoms with E-state index in [2.05, 4.69) is 0 Å². The van der Waals surface area contributed by atoms with Crippen molar-refractivity contribution in [1.82, 2.24) is 29.9 Å². The molecule has 0 saturated heterocycles. The van der Waals surface area contributed by atoms with Crippen molar-refractivity contribution < 1.29 is 18.1 Å². The van der Waals surface area contributed by atoms with Gasteiger partial charge in [-0.3, -0.25) is 29.9 Å². The quantitative estimate of drug-likeness (QED) is 0.109. The van der Waals surface area contributed by atoms with Crippen molar-refractivity contribution in [2.75, 3.05) is 0 Å². The molecule has 0 aliphatic heterocycles. The van der Waals surface area contributed by atoms with Gasteiger partial charge in [-0.15, -0.1) is 0 Å². The van der Waals surface area contributed by atoms with Crippen LogP contribution in [0.15, 0.2) is 219 Å². The minimum Gasteiger partial charge on any atom is -0.385 e. The SMILES string of the molecule is O=P(Oc1ccc(Cl)c(-c2ccc(Cl)c3cccnc23)c1-c1ccc(Cl)c2cccnc12)(Oc1ccc(Cl)c(-c2ccc(Cl)c3cccnc23)c1-c1ccc(Cl)c2cccnc12)Oc1ccc(Cl)c(-c2ccc(Cl)c3cccnc23)c1-c1ccc(Cl)c2cccnc12. The van der Waals surface area contributed by atoms with Crippen molar-refractivity contribution in [2.24, 2.45) is 0 Å². The minimum absolute atomic E-state index is 0.0504. The van der Waals surface area contributed by atoms with E-state index >= 15 is 4.57 Å². The first-order valence-electron chi connectivity index (χ1n) is 28.1. The molecular weight excluding hydrogens is 1360 g/mol. The van der Waals surface area contributed by atoms with Gasteiger partial charge in [0.2, 0.25) is 0 Å². The number of hydrogen-bond acceptors (Lipinski definition) is 10. The zero-order valence-electron chi connectivity index (χ0n) is 46.9. The highest BCUT2D eigenvalue weighted by atomic mass is 35.5. The van der Waals surface area contributed by atoms with Crippen molar-refractivity contribution in [3.05, 3.63) is 264 Å². The normalized spacial score (nSPS) is 11.8. The number of nitrogens with zero attached hydrogens (tertiary/aromatic N) is 6. The summed E-state index contributed by atoms with van der Waals surface area (Å²) >= 11 is 64.4. The fourth-order valence-corrected chi connectivity index (χ4v) is 15.3. The Balaban J connectivity index is 1.06. The van der Waals surface area contributed by atoms with Crippen molar-refractivity contribution >= 4 is 178 Å². The van der Waals surface area contributed by atoms with Crippen LogP contribution in [-0.2, 0) is 4.57 Å². The molecule has 9 aromatic carbocycles. The van der Waals surface area contributed by atoms with Crippen LogP contribution in [0.3, 0.4) is 0 Å². The summed E-state index contributed by atoms with van der Waals surface area (Å²) in [7, 11) is -5.46. The monoisotopic (exact) mass is 1390 g/mol. The molecule has 0 saturated carbocycles. The van der Waals surface area contributed by atoms with E-state index in [4.69, 9.17) is 148 Å². The van der Waals surface area contributed by atoms with Crippen LogP contribution in [0, 0.1) is 0 Å². The van der Waals surface area contributed by atoms with Gasteiger partial charge in [-0.25, -0.2) is 0 Å². The first-order valence-corrected chi connectivity index (χ1v) is 33.0. The summed E-state index contributed by atoms with van der Waals surface area (Å²) in [6.45, 7) is 0. The molecule has 6 aromatic heterocycles. The van der Waals surface area contributed by atoms with Crippen molar-refractivity contribution in [3.8, 4) is 84.0 Å². The lowest BCUT2D eigenvalue weighted by Crippen LogP contribution is -2.11. The molecule has 10 nitrogen and oxygen atoms in total. The molecule has 0 aliphatic carbocycles. The lowest BCUT2D eigenvalue weighted by atomic mass is 9.91. The molecule has 446 valence electrons. The van der Waals surface area contributed by atoms with Crippen LogP contribution in [0.1, 0.15) is 0 Å². The van der Waals surface area contributed by atoms with Crippen LogP contribution in [0.4, 0.5) is 0 Å². The van der Waals surface area contributed by atoms with Gasteiger partial charge in [0.1, 0.15) is 17.2 Å². The lowest BCUT2D eigenvalue weighted by molar-refractivity contribution is 0.300. The summed E-state index contributed by atoms with van der Waals surface area (Å²) in [5, 5.41) is 7.02. The Labute approximate surface area is 569 Å². The maximum absolute atomic E-state index is 17.8. The standard InChI is InChI=1S/C72H36Cl9N6O4P/c73-49-19-13-43(67-37(49)7-1-31-82-67)61-55(79)25-28-58(64(61)46-16-22-52(76)40-10-4-34-85-70(40)46)89-92(88,90-59-29-26-56(80)62(44-14-20-50(74)38-8-2-32-83-68(38)44)65(59)47-17-23-53(77)41-11-5-35-86-71(41)47)91-60-30-27-57(81)63(45-15-21-51(75)39-9-3-33-84-69(39)45)66(60)48-18-24-54(78)42-12-6-36-87-72(42)48/h1-36H. The number of hydrogen-bond donors (Lipinski definition) is 0. The fourth-order valence-electron chi connectivity index (χ4n) is 11.9. The fraction of sp³-hybridized carbons (Fsp3) is 0. The molecule has 6 heterocycles. The van der Waals surface area contributed by atoms with Gasteiger partial charge >= 0.3 is 7.82 Å². The van der Waals surface area contributed by atoms with E-state index in [1.165, 1.54) is 0 Å². The highest BCUT2D eigenvalue weighted by Gasteiger charge is 2.40. The van der Waals surface area contributed by atoms with Gasteiger partial charge in [-0.1, -0.05) is 141 Å². The van der Waals surface area contributed by atoms with Crippen molar-refractivity contribution in [3.63, 3.8) is 0 Å². The molecule has 0 bridgehead atoms. The van der Waals surface area contributed by atoms with Gasteiger partial charge in [0.05, 0.1) is 63.2 Å². The number of pyridine rings is 6. The Hall–Kier alpha value is -8.32. The first kappa shape index (κ1) is 60.0. The number of aromatic nitrogens is 6. The van der Waals surface area contributed by atoms with Gasteiger partial charge < -0.3 is 13.6 Å². The largest absolute Gasteiger partial charge is 0.647 e. The van der Waals surface area contributed by atoms with Crippen LogP contribution in [0.2, 0.25) is 45.2 Å². The van der Waals surface area contributed by atoms with Crippen LogP contribution in [-0.4, -0.2) is 29.9 Å². The molecule has 0 aliphatic rings. The predicted molar refractivity (Wildman–Crippen MR) is 378 cm³/mol. The van der Waals surface area contributed by atoms with Crippen LogP contribution >= 0.6 is 112 Å². The summed E-state index contributed by atoms with van der Waals surface area (Å²) in [6, 6.07) is 52.7. The molecule has 15 aromatic rings. The smallest absolute Gasteiger partial charge is 0.385 e. The molecule has 0 amide bonds. The van der Waals surface area contributed by atoms with Crippen LogP contribution in [0.5, 0.6) is 17.2 Å². The van der Waals surface area contributed by atoms with E-state index in [9.17, 15) is 0 Å². The van der Waals surface area contributed by atoms with E-state index in [0.29, 0.717) is 162 Å². The Morgan fingerprint density at radius 1 is 0.228 bits per heavy atom. The maximum Gasteiger partial charge on any atom is 0.647 e. The molecule has 0 fully saturated rings. The third kappa shape index (κ3) is 10.4. The summed E-state index contributed by atoms with van der Waals surface area (Å²) in [6.07, 6.45) is 9.91. The van der Waals surface area contributed by atoms with E-state index in [0.717, 1.165) is 0 Å². The summed E-state index contributed by atoms with van der Waals surface area (Å²) in [4.78, 5) is 29.2. The topological polar surface area (TPSA) is 122 Å². The molecule has 15 rings (SSSR count). The second kappa shape index (κ2) is 24.3. The van der Waals surface area contributed by atoms with E-state index in [1.807, 2.05) is 54.6 Å². The average molecular weight is 1400 g/mol. The van der Waals surface area contributed by atoms with Gasteiger partial charge in [0.25, 0.3) is 0 Å². The number of phosphoric ester groups is 1. The number of phosphoric acid groups is 1. The van der Waals surface area contributed by atoms with Gasteiger partial charge in [-0.05, 0) is 146 Å². The molecule has 0 spiro atoms. The van der Waals surface area contributed by atoms with E-state index < -0.39 is 7.82 Å². The van der Waals surface area contributed by atoms with Crippen molar-refractivity contribution in [1.29, 1.82) is 0 Å². The number of rotatable bonds is 12. The number of halogens is 9. The van der Waals surface area contributed by atoms with Crippen LogP contribution in [0.25, 0.3) is 132 Å². The molecule has 0 atom stereocenters. The molecular formula is C72H36Cl9N6O4P. The Kier molecular flexibility index (Phi) is 15.8. The Bertz CT molecular complexity index is 5120. The highest BCUT2D eigenvalue weighted by Crippen LogP contribution is 2.61. The van der Waals surface area contributed by atoms with Gasteiger partial charge in [-0.2, -0.15) is 4.57 Å². The van der Waals surface area contributed by atoms with Crippen LogP contribution < -0.4 is 13.6 Å². The van der Waals surface area contributed by atoms with E-state index in [-0.39, 0.29) is 32.3 Å². The third-order valence-electron chi connectivity index (χ3n) is 15.9. The second-order valence-electron chi connectivity index (χ2n) is 21.1. The van der Waals surface area contributed by atoms with E-state index in [1.54, 1.807) is 165 Å². The zero-order valence-corrected chi connectivity index (χ0v) is 54.6. The average Bonchev–Trinajstić information content (AvgIpc) is 1.85. The number of benzene rings is 9. The van der Waals surface area contributed by atoms with Gasteiger partial charge in [0.15, 0.2) is 0 Å². The van der Waals surface area contributed by atoms with Crippen molar-refractivity contribution in [2.45, 2.75) is 0 Å². The summed E-state index contributed by atoms with van der Waals surface area (Å²) < 4.78 is 39.7. The summed E-state index contributed by atoms with van der Waals surface area (Å²) in [5.41, 5.74) is 7.95. The molecule has 0 radical (unpaired) electrons. The van der Waals surface area contributed by atoms with Gasteiger partial charge in [0, 0.05) is 151 Å². The maximum atomic E-state index is 17.8. The third-order valence-corrected chi connectivity index (χ3v) is 20.1. The molecule has 20 heteroatoms. The molecule has 0 unspecified atom stereocenters. The number of fused-ring (bicyclic) bond motifs is 6. The second-order valence-corrected chi connectivity index (χ2v) is 26.2. The predicted octanol–water partition coefficient (Wildman–Crippen LogP) is 24.5. The Morgan fingerprint density at radius 3 is 0.620 bits per heavy atom. The first-order chi connectivity index (χ1) is 44.7. The molecule has 92 heavy (non-hydrogen) atoms. The molecule has 0 N–H and O–H groups in total. The zero-order chi connectivity index (χ0) is 63.1.